The Labute approximate surface area is 102 Å². The van der Waals surface area contributed by atoms with Gasteiger partial charge in [0, 0.05) is 6.54 Å². The zero-order chi connectivity index (χ0) is 12.1. The minimum Gasteiger partial charge on any atom is -0.480 e. The molecule has 1 unspecified atom stereocenters. The second-order valence-electron chi connectivity index (χ2n) is 4.66. The lowest BCUT2D eigenvalue weighted by atomic mass is 10.1. The van der Waals surface area contributed by atoms with E-state index >= 15 is 0 Å². The summed E-state index contributed by atoms with van der Waals surface area (Å²) in [6.45, 7) is 1.64. The first-order valence-corrected chi connectivity index (χ1v) is 6.28. The van der Waals surface area contributed by atoms with Crippen molar-refractivity contribution in [3.05, 3.63) is 35.9 Å². The normalized spacial score (nSPS) is 22.0. The first kappa shape index (κ1) is 12.1. The van der Waals surface area contributed by atoms with Gasteiger partial charge >= 0.3 is 5.97 Å². The molecule has 0 saturated carbocycles. The van der Waals surface area contributed by atoms with Crippen LogP contribution in [0.2, 0.25) is 0 Å². The van der Waals surface area contributed by atoms with Crippen molar-refractivity contribution < 1.29 is 9.90 Å². The van der Waals surface area contributed by atoms with Crippen molar-refractivity contribution >= 4 is 5.97 Å². The van der Waals surface area contributed by atoms with E-state index in [2.05, 4.69) is 17.0 Å². The lowest BCUT2D eigenvalue weighted by Gasteiger charge is -2.26. The number of hydrogen-bond donors (Lipinski definition) is 1. The number of benzene rings is 1. The highest BCUT2D eigenvalue weighted by molar-refractivity contribution is 5.73. The van der Waals surface area contributed by atoms with Gasteiger partial charge in [-0.15, -0.1) is 0 Å². The highest BCUT2D eigenvalue weighted by atomic mass is 16.4. The molecule has 1 aromatic carbocycles. The minimum atomic E-state index is -0.678. The minimum absolute atomic E-state index is 0.308. The van der Waals surface area contributed by atoms with Crippen LogP contribution in [0.4, 0.5) is 0 Å². The highest BCUT2D eigenvalue weighted by Gasteiger charge is 2.26. The molecule has 1 aliphatic heterocycles. The van der Waals surface area contributed by atoms with Crippen molar-refractivity contribution in [2.24, 2.45) is 0 Å². The lowest BCUT2D eigenvalue weighted by molar-refractivity contribution is -0.143. The smallest absolute Gasteiger partial charge is 0.320 e. The molecule has 1 N–H and O–H groups in total. The predicted octanol–water partition coefficient (Wildman–Crippen LogP) is 2.52. The molecule has 0 bridgehead atoms. The summed E-state index contributed by atoms with van der Waals surface area (Å²) in [5.74, 6) is -0.678. The van der Waals surface area contributed by atoms with E-state index in [1.165, 1.54) is 5.56 Å². The summed E-state index contributed by atoms with van der Waals surface area (Å²) in [4.78, 5) is 13.4. The summed E-state index contributed by atoms with van der Waals surface area (Å²) in [6, 6.07) is 9.80. The molecule has 1 heterocycles. The topological polar surface area (TPSA) is 40.5 Å². The molecule has 1 aromatic rings. The summed E-state index contributed by atoms with van der Waals surface area (Å²) >= 11 is 0. The van der Waals surface area contributed by atoms with Crippen LogP contribution in [0.3, 0.4) is 0 Å². The predicted molar refractivity (Wildman–Crippen MR) is 66.7 cm³/mol. The van der Waals surface area contributed by atoms with Gasteiger partial charge in [0.25, 0.3) is 0 Å². The van der Waals surface area contributed by atoms with Crippen LogP contribution in [-0.4, -0.2) is 28.6 Å². The quantitative estimate of drug-likeness (QED) is 0.872. The van der Waals surface area contributed by atoms with Gasteiger partial charge in [0.05, 0.1) is 0 Å². The Balaban J connectivity index is 2.07. The van der Waals surface area contributed by atoms with Crippen LogP contribution in [0.25, 0.3) is 0 Å². The van der Waals surface area contributed by atoms with Gasteiger partial charge in [0.15, 0.2) is 0 Å². The van der Waals surface area contributed by atoms with Gasteiger partial charge in [0.1, 0.15) is 6.04 Å². The Morgan fingerprint density at radius 1 is 1.24 bits per heavy atom. The summed E-state index contributed by atoms with van der Waals surface area (Å²) in [6.07, 6.45) is 4.07. The van der Waals surface area contributed by atoms with Crippen LogP contribution in [-0.2, 0) is 11.3 Å². The second kappa shape index (κ2) is 5.82. The Morgan fingerprint density at radius 3 is 2.71 bits per heavy atom. The van der Waals surface area contributed by atoms with E-state index in [0.717, 1.165) is 38.8 Å². The molecular formula is C14H19NO2. The molecule has 3 heteroatoms. The van der Waals surface area contributed by atoms with E-state index in [1.54, 1.807) is 0 Å². The molecule has 92 valence electrons. The van der Waals surface area contributed by atoms with Gasteiger partial charge in [-0.3, -0.25) is 9.69 Å². The fraction of sp³-hybridized carbons (Fsp3) is 0.500. The van der Waals surface area contributed by atoms with Crippen molar-refractivity contribution in [2.75, 3.05) is 6.54 Å². The van der Waals surface area contributed by atoms with E-state index in [-0.39, 0.29) is 6.04 Å². The Hall–Kier alpha value is -1.35. The molecule has 0 radical (unpaired) electrons. The monoisotopic (exact) mass is 233 g/mol. The van der Waals surface area contributed by atoms with Crippen LogP contribution in [0.5, 0.6) is 0 Å². The largest absolute Gasteiger partial charge is 0.480 e. The number of hydrogen-bond acceptors (Lipinski definition) is 2. The molecule has 1 atom stereocenters. The number of nitrogens with zero attached hydrogens (tertiary/aromatic N) is 1. The summed E-state index contributed by atoms with van der Waals surface area (Å²) < 4.78 is 0. The molecule has 2 rings (SSSR count). The van der Waals surface area contributed by atoms with Gasteiger partial charge in [-0.05, 0) is 24.9 Å². The van der Waals surface area contributed by atoms with Crippen molar-refractivity contribution in [3.63, 3.8) is 0 Å². The molecule has 0 spiro atoms. The molecule has 0 aromatic heterocycles. The number of rotatable bonds is 3. The Bertz CT molecular complexity index is 364. The lowest BCUT2D eigenvalue weighted by Crippen LogP contribution is -2.40. The Morgan fingerprint density at radius 2 is 2.00 bits per heavy atom. The average molecular weight is 233 g/mol. The number of carboxylic acid groups (broad SMARTS) is 1. The number of likely N-dealkylation sites (tertiary alicyclic amines) is 1. The van der Waals surface area contributed by atoms with E-state index < -0.39 is 5.97 Å². The van der Waals surface area contributed by atoms with Crippen LogP contribution < -0.4 is 0 Å². The Kier molecular flexibility index (Phi) is 4.15. The molecular weight excluding hydrogens is 214 g/mol. The third kappa shape index (κ3) is 3.30. The number of carbonyl (C=O) groups is 1. The van der Waals surface area contributed by atoms with Crippen LogP contribution >= 0.6 is 0 Å². The van der Waals surface area contributed by atoms with E-state index in [0.29, 0.717) is 0 Å². The second-order valence-corrected chi connectivity index (χ2v) is 4.66. The average Bonchev–Trinajstić information content (AvgIpc) is 2.56. The van der Waals surface area contributed by atoms with Crippen LogP contribution in [0, 0.1) is 0 Å². The van der Waals surface area contributed by atoms with Gasteiger partial charge < -0.3 is 5.11 Å². The van der Waals surface area contributed by atoms with E-state index in [1.807, 2.05) is 18.2 Å². The highest BCUT2D eigenvalue weighted by Crippen LogP contribution is 2.19. The zero-order valence-corrected chi connectivity index (χ0v) is 10.0. The molecule has 1 saturated heterocycles. The summed E-state index contributed by atoms with van der Waals surface area (Å²) in [5, 5.41) is 9.27. The first-order chi connectivity index (χ1) is 8.27. The summed E-state index contributed by atoms with van der Waals surface area (Å²) in [7, 11) is 0. The first-order valence-electron chi connectivity index (χ1n) is 6.28. The van der Waals surface area contributed by atoms with Crippen LogP contribution in [0.1, 0.15) is 31.2 Å². The van der Waals surface area contributed by atoms with E-state index in [4.69, 9.17) is 0 Å². The van der Waals surface area contributed by atoms with Gasteiger partial charge in [0.2, 0.25) is 0 Å². The van der Waals surface area contributed by atoms with E-state index in [9.17, 15) is 9.90 Å². The molecule has 3 nitrogen and oxygen atoms in total. The van der Waals surface area contributed by atoms with Crippen molar-refractivity contribution in [2.45, 2.75) is 38.3 Å². The third-order valence-corrected chi connectivity index (χ3v) is 3.38. The van der Waals surface area contributed by atoms with Crippen molar-refractivity contribution in [1.82, 2.24) is 4.90 Å². The maximum Gasteiger partial charge on any atom is 0.320 e. The molecule has 17 heavy (non-hydrogen) atoms. The third-order valence-electron chi connectivity index (χ3n) is 3.38. The maximum absolute atomic E-state index is 11.3. The SMILES string of the molecule is O=C(O)C1CCCCCN1Cc1ccccc1. The molecule has 1 aliphatic rings. The number of aliphatic carboxylic acids is 1. The van der Waals surface area contributed by atoms with Gasteiger partial charge in [-0.2, -0.15) is 0 Å². The summed E-state index contributed by atoms with van der Waals surface area (Å²) in [5.41, 5.74) is 1.20. The zero-order valence-electron chi connectivity index (χ0n) is 10.0. The standard InChI is InChI=1S/C14H19NO2/c16-14(17)13-9-5-2-6-10-15(13)11-12-7-3-1-4-8-12/h1,3-4,7-8,13H,2,5-6,9-11H2,(H,16,17). The fourth-order valence-electron chi connectivity index (χ4n) is 2.45. The molecule has 0 amide bonds. The van der Waals surface area contributed by atoms with Crippen molar-refractivity contribution in [1.29, 1.82) is 0 Å². The van der Waals surface area contributed by atoms with Gasteiger partial charge in [-0.1, -0.05) is 43.2 Å². The molecule has 0 aliphatic carbocycles. The van der Waals surface area contributed by atoms with Crippen molar-refractivity contribution in [3.8, 4) is 0 Å². The van der Waals surface area contributed by atoms with Gasteiger partial charge in [-0.25, -0.2) is 0 Å². The number of carboxylic acids is 1. The fourth-order valence-corrected chi connectivity index (χ4v) is 2.45. The maximum atomic E-state index is 11.3. The van der Waals surface area contributed by atoms with Crippen LogP contribution in [0.15, 0.2) is 30.3 Å². The molecule has 1 fully saturated rings.